The molecule has 3 nitrogen and oxygen atoms in total. The Morgan fingerprint density at radius 2 is 1.90 bits per heavy atom. The first-order chi connectivity index (χ1) is 10.2. The maximum absolute atomic E-state index is 4.46. The zero-order chi connectivity index (χ0) is 14.7. The minimum Gasteiger partial charge on any atom is -0.310 e. The van der Waals surface area contributed by atoms with Crippen LogP contribution in [0.1, 0.15) is 37.0 Å². The maximum atomic E-state index is 4.46. The summed E-state index contributed by atoms with van der Waals surface area (Å²) in [7, 11) is 0. The predicted octanol–water partition coefficient (Wildman–Crippen LogP) is 3.61. The van der Waals surface area contributed by atoms with Gasteiger partial charge in [-0.3, -0.25) is 0 Å². The number of benzene rings is 1. The summed E-state index contributed by atoms with van der Waals surface area (Å²) in [5.74, 6) is 0. The Morgan fingerprint density at radius 1 is 1.14 bits per heavy atom. The van der Waals surface area contributed by atoms with Crippen LogP contribution in [0, 0.1) is 0 Å². The van der Waals surface area contributed by atoms with Crippen LogP contribution in [0.15, 0.2) is 40.6 Å². The van der Waals surface area contributed by atoms with Gasteiger partial charge < -0.3 is 5.32 Å². The SMILES string of the molecule is CC(C)NCc1cnc(Sc2ccc3c(c2)CCC3)nc1. The minimum absolute atomic E-state index is 0.477. The van der Waals surface area contributed by atoms with Gasteiger partial charge in [-0.25, -0.2) is 9.97 Å². The monoisotopic (exact) mass is 299 g/mol. The van der Waals surface area contributed by atoms with Crippen LogP contribution in [0.2, 0.25) is 0 Å². The van der Waals surface area contributed by atoms with Crippen LogP contribution in [0.25, 0.3) is 0 Å². The van der Waals surface area contributed by atoms with Crippen LogP contribution in [0.5, 0.6) is 0 Å². The van der Waals surface area contributed by atoms with Crippen molar-refractivity contribution in [2.45, 2.75) is 55.7 Å². The molecule has 0 fully saturated rings. The number of hydrogen-bond donors (Lipinski definition) is 1. The fourth-order valence-electron chi connectivity index (χ4n) is 2.53. The van der Waals surface area contributed by atoms with Gasteiger partial charge in [-0.2, -0.15) is 0 Å². The van der Waals surface area contributed by atoms with Crippen LogP contribution in [-0.4, -0.2) is 16.0 Å². The topological polar surface area (TPSA) is 37.8 Å². The van der Waals surface area contributed by atoms with E-state index in [9.17, 15) is 0 Å². The molecule has 1 aliphatic carbocycles. The van der Waals surface area contributed by atoms with Gasteiger partial charge in [0.15, 0.2) is 5.16 Å². The molecule has 0 saturated carbocycles. The summed E-state index contributed by atoms with van der Waals surface area (Å²) in [6.07, 6.45) is 7.56. The smallest absolute Gasteiger partial charge is 0.192 e. The molecule has 4 heteroatoms. The van der Waals surface area contributed by atoms with Crippen molar-refractivity contribution in [3.8, 4) is 0 Å². The molecule has 0 aliphatic heterocycles. The van der Waals surface area contributed by atoms with E-state index in [4.69, 9.17) is 0 Å². The zero-order valence-corrected chi connectivity index (χ0v) is 13.4. The number of aromatic nitrogens is 2. The van der Waals surface area contributed by atoms with Gasteiger partial charge in [-0.15, -0.1) is 0 Å². The molecule has 1 heterocycles. The van der Waals surface area contributed by atoms with Crippen LogP contribution >= 0.6 is 11.8 Å². The summed E-state index contributed by atoms with van der Waals surface area (Å²) in [4.78, 5) is 10.2. The third kappa shape index (κ3) is 3.83. The lowest BCUT2D eigenvalue weighted by molar-refractivity contribution is 0.585. The third-order valence-electron chi connectivity index (χ3n) is 3.68. The summed E-state index contributed by atoms with van der Waals surface area (Å²) in [5.41, 5.74) is 4.13. The number of hydrogen-bond acceptors (Lipinski definition) is 4. The number of nitrogens with one attached hydrogen (secondary N) is 1. The molecular weight excluding hydrogens is 278 g/mol. The normalized spacial score (nSPS) is 13.7. The Morgan fingerprint density at radius 3 is 2.67 bits per heavy atom. The van der Waals surface area contributed by atoms with Gasteiger partial charge in [0.1, 0.15) is 0 Å². The third-order valence-corrected chi connectivity index (χ3v) is 4.56. The molecule has 0 atom stereocenters. The molecular formula is C17H21N3S. The first kappa shape index (κ1) is 14.5. The standard InChI is InChI=1S/C17H21N3S/c1-12(2)18-9-13-10-19-17(20-11-13)21-16-7-6-14-4-3-5-15(14)8-16/h6-8,10-12,18H,3-5,9H2,1-2H3. The Bertz CT molecular complexity index is 608. The van der Waals surface area contributed by atoms with Gasteiger partial charge in [0, 0.05) is 35.4 Å². The molecule has 0 unspecified atom stereocenters. The second-order valence-corrected chi connectivity index (χ2v) is 6.84. The van der Waals surface area contributed by atoms with Crippen molar-refractivity contribution in [1.29, 1.82) is 0 Å². The van der Waals surface area contributed by atoms with Crippen molar-refractivity contribution in [2.75, 3.05) is 0 Å². The van der Waals surface area contributed by atoms with Crippen molar-refractivity contribution in [1.82, 2.24) is 15.3 Å². The molecule has 110 valence electrons. The maximum Gasteiger partial charge on any atom is 0.192 e. The lowest BCUT2D eigenvalue weighted by Gasteiger charge is -2.08. The van der Waals surface area contributed by atoms with Crippen molar-refractivity contribution >= 4 is 11.8 Å². The van der Waals surface area contributed by atoms with Crippen LogP contribution < -0.4 is 5.32 Å². The first-order valence-corrected chi connectivity index (χ1v) is 8.36. The molecule has 1 aromatic heterocycles. The number of nitrogens with zero attached hydrogens (tertiary/aromatic N) is 2. The molecule has 21 heavy (non-hydrogen) atoms. The molecule has 0 saturated heterocycles. The van der Waals surface area contributed by atoms with Crippen LogP contribution in [0.3, 0.4) is 0 Å². The fourth-order valence-corrected chi connectivity index (χ4v) is 3.28. The quantitative estimate of drug-likeness (QED) is 0.856. The number of aryl methyl sites for hydroxylation is 2. The highest BCUT2D eigenvalue weighted by atomic mass is 32.2. The Labute approximate surface area is 130 Å². The summed E-state index contributed by atoms with van der Waals surface area (Å²) < 4.78 is 0. The van der Waals surface area contributed by atoms with Crippen molar-refractivity contribution in [3.63, 3.8) is 0 Å². The molecule has 0 spiro atoms. The van der Waals surface area contributed by atoms with E-state index >= 15 is 0 Å². The lowest BCUT2D eigenvalue weighted by atomic mass is 10.1. The van der Waals surface area contributed by atoms with Crippen molar-refractivity contribution in [2.24, 2.45) is 0 Å². The van der Waals surface area contributed by atoms with Crippen LogP contribution in [0.4, 0.5) is 0 Å². The second-order valence-electron chi connectivity index (χ2n) is 5.80. The predicted molar refractivity (Wildman–Crippen MR) is 86.6 cm³/mol. The average molecular weight is 299 g/mol. The highest BCUT2D eigenvalue weighted by molar-refractivity contribution is 7.99. The van der Waals surface area contributed by atoms with Gasteiger partial charge in [-0.1, -0.05) is 19.9 Å². The molecule has 1 aliphatic rings. The fraction of sp³-hybridized carbons (Fsp3) is 0.412. The molecule has 0 radical (unpaired) electrons. The first-order valence-electron chi connectivity index (χ1n) is 7.54. The largest absolute Gasteiger partial charge is 0.310 e. The molecule has 2 aromatic rings. The average Bonchev–Trinajstić information content (AvgIpc) is 2.94. The highest BCUT2D eigenvalue weighted by Crippen LogP contribution is 2.30. The van der Waals surface area contributed by atoms with Crippen molar-refractivity contribution < 1.29 is 0 Å². The lowest BCUT2D eigenvalue weighted by Crippen LogP contribution is -2.21. The van der Waals surface area contributed by atoms with Gasteiger partial charge in [-0.05, 0) is 54.3 Å². The van der Waals surface area contributed by atoms with Crippen molar-refractivity contribution in [3.05, 3.63) is 47.3 Å². The summed E-state index contributed by atoms with van der Waals surface area (Å²) >= 11 is 1.64. The number of fused-ring (bicyclic) bond motifs is 1. The Hall–Kier alpha value is -1.39. The van der Waals surface area contributed by atoms with E-state index < -0.39 is 0 Å². The van der Waals surface area contributed by atoms with E-state index in [0.29, 0.717) is 6.04 Å². The van der Waals surface area contributed by atoms with Gasteiger partial charge in [0.05, 0.1) is 0 Å². The molecule has 0 bridgehead atoms. The van der Waals surface area contributed by atoms with E-state index in [1.54, 1.807) is 11.8 Å². The van der Waals surface area contributed by atoms with Crippen LogP contribution in [-0.2, 0) is 19.4 Å². The number of rotatable bonds is 5. The molecule has 1 N–H and O–H groups in total. The minimum atomic E-state index is 0.477. The zero-order valence-electron chi connectivity index (χ0n) is 12.6. The summed E-state index contributed by atoms with van der Waals surface area (Å²) in [6.45, 7) is 5.10. The highest BCUT2D eigenvalue weighted by Gasteiger charge is 2.11. The molecule has 0 amide bonds. The van der Waals surface area contributed by atoms with E-state index in [-0.39, 0.29) is 0 Å². The summed E-state index contributed by atoms with van der Waals surface area (Å²) in [6, 6.07) is 7.22. The Balaban J connectivity index is 1.65. The van der Waals surface area contributed by atoms with Gasteiger partial charge in [0.25, 0.3) is 0 Å². The van der Waals surface area contributed by atoms with Gasteiger partial charge >= 0.3 is 0 Å². The Kier molecular flexibility index (Phi) is 4.56. The van der Waals surface area contributed by atoms with E-state index in [0.717, 1.165) is 17.3 Å². The van der Waals surface area contributed by atoms with E-state index in [2.05, 4.69) is 47.3 Å². The van der Waals surface area contributed by atoms with E-state index in [1.807, 2.05) is 12.4 Å². The summed E-state index contributed by atoms with van der Waals surface area (Å²) in [5, 5.41) is 4.19. The van der Waals surface area contributed by atoms with Gasteiger partial charge in [0.2, 0.25) is 0 Å². The van der Waals surface area contributed by atoms with E-state index in [1.165, 1.54) is 35.3 Å². The molecule has 1 aromatic carbocycles. The second kappa shape index (κ2) is 6.58. The molecule has 3 rings (SSSR count).